The lowest BCUT2D eigenvalue weighted by molar-refractivity contribution is -0.0511. The van der Waals surface area contributed by atoms with E-state index in [-0.39, 0.29) is 18.5 Å². The van der Waals surface area contributed by atoms with Crippen LogP contribution in [-0.4, -0.2) is 71.7 Å². The first-order valence-electron chi connectivity index (χ1n) is 11.5. The van der Waals surface area contributed by atoms with Crippen LogP contribution in [0.15, 0.2) is 36.7 Å². The van der Waals surface area contributed by atoms with Gasteiger partial charge in [0.25, 0.3) is 5.91 Å². The van der Waals surface area contributed by atoms with Crippen molar-refractivity contribution >= 4 is 22.9 Å². The molecule has 2 fully saturated rings. The average Bonchev–Trinajstić information content (AvgIpc) is 3.59. The highest BCUT2D eigenvalue weighted by atomic mass is 16.6. The van der Waals surface area contributed by atoms with Crippen molar-refractivity contribution in [1.29, 1.82) is 0 Å². The molecule has 2 aromatic heterocycles. The average molecular weight is 469 g/mol. The Labute approximate surface area is 195 Å². The van der Waals surface area contributed by atoms with Crippen molar-refractivity contribution in [3.05, 3.63) is 48.0 Å². The van der Waals surface area contributed by atoms with E-state index in [4.69, 9.17) is 4.74 Å². The van der Waals surface area contributed by atoms with Gasteiger partial charge in [-0.1, -0.05) is 31.0 Å². The number of fused-ring (bicyclic) bond motifs is 1. The third-order valence-corrected chi connectivity index (χ3v) is 6.40. The number of rotatable bonds is 7. The summed E-state index contributed by atoms with van der Waals surface area (Å²) in [4.78, 5) is 26.2. The number of amides is 1. The first kappa shape index (κ1) is 22.7. The van der Waals surface area contributed by atoms with E-state index >= 15 is 0 Å². The SMILES string of the molecule is O=C(NCc1nc(NC2CCCC2)c2ncn([C@@H]3O[C@H](CO)[C@@H](O)[C@H]3O)c2n1)c1ccccc1. The van der Waals surface area contributed by atoms with Crippen molar-refractivity contribution < 1.29 is 24.9 Å². The van der Waals surface area contributed by atoms with Gasteiger partial charge in [-0.25, -0.2) is 15.0 Å². The summed E-state index contributed by atoms with van der Waals surface area (Å²) < 4.78 is 7.21. The number of imidazole rings is 1. The normalized spacial score (nSPS) is 25.1. The zero-order valence-corrected chi connectivity index (χ0v) is 18.5. The standard InChI is InChI=1S/C23H28N6O5/c30-11-15-18(31)19(32)23(34-15)29-12-25-17-20(26-14-8-4-5-9-14)27-16(28-21(17)29)10-24-22(33)13-6-2-1-3-7-13/h1-3,6-7,12,14-15,18-19,23,30-32H,4-5,8-11H2,(H,24,33)(H,26,27,28)/t15-,18-,19-,23-/m1/s1. The molecule has 0 unspecified atom stereocenters. The van der Waals surface area contributed by atoms with Crippen LogP contribution in [0.3, 0.4) is 0 Å². The van der Waals surface area contributed by atoms with Crippen molar-refractivity contribution in [2.75, 3.05) is 11.9 Å². The Morgan fingerprint density at radius 3 is 2.59 bits per heavy atom. The maximum atomic E-state index is 12.5. The molecule has 1 aliphatic heterocycles. The van der Waals surface area contributed by atoms with Crippen molar-refractivity contribution in [2.24, 2.45) is 0 Å². The molecule has 1 aromatic carbocycles. The van der Waals surface area contributed by atoms with Gasteiger partial charge in [-0.3, -0.25) is 9.36 Å². The summed E-state index contributed by atoms with van der Waals surface area (Å²) in [5, 5.41) is 36.4. The lowest BCUT2D eigenvalue weighted by Crippen LogP contribution is -2.33. The largest absolute Gasteiger partial charge is 0.394 e. The summed E-state index contributed by atoms with van der Waals surface area (Å²) in [5.74, 6) is 0.670. The molecular formula is C23H28N6O5. The molecule has 5 rings (SSSR count). The Bertz CT molecular complexity index is 1150. The van der Waals surface area contributed by atoms with Crippen LogP contribution in [0.4, 0.5) is 5.82 Å². The molecule has 1 aliphatic carbocycles. The molecule has 180 valence electrons. The van der Waals surface area contributed by atoms with E-state index in [9.17, 15) is 20.1 Å². The van der Waals surface area contributed by atoms with Gasteiger partial charge in [0.15, 0.2) is 29.0 Å². The Morgan fingerprint density at radius 1 is 1.12 bits per heavy atom. The van der Waals surface area contributed by atoms with Crippen molar-refractivity contribution in [2.45, 2.75) is 62.8 Å². The summed E-state index contributed by atoms with van der Waals surface area (Å²) in [6, 6.07) is 9.14. The Hall–Kier alpha value is -3.12. The van der Waals surface area contributed by atoms with Gasteiger partial charge in [-0.15, -0.1) is 0 Å². The van der Waals surface area contributed by atoms with Gasteiger partial charge in [-0.2, -0.15) is 0 Å². The van der Waals surface area contributed by atoms with E-state index in [0.717, 1.165) is 25.7 Å². The molecule has 1 saturated heterocycles. The van der Waals surface area contributed by atoms with Gasteiger partial charge < -0.3 is 30.7 Å². The fraction of sp³-hybridized carbons (Fsp3) is 0.478. The molecular weight excluding hydrogens is 440 g/mol. The minimum absolute atomic E-state index is 0.0875. The maximum absolute atomic E-state index is 12.5. The maximum Gasteiger partial charge on any atom is 0.251 e. The zero-order valence-electron chi connectivity index (χ0n) is 18.5. The fourth-order valence-corrected chi connectivity index (χ4v) is 4.55. The highest BCUT2D eigenvalue weighted by Crippen LogP contribution is 2.33. The number of benzene rings is 1. The lowest BCUT2D eigenvalue weighted by atomic mass is 10.1. The van der Waals surface area contributed by atoms with Crippen LogP contribution in [0.5, 0.6) is 0 Å². The minimum atomic E-state index is -1.27. The minimum Gasteiger partial charge on any atom is -0.394 e. The summed E-state index contributed by atoms with van der Waals surface area (Å²) in [7, 11) is 0. The number of aromatic nitrogens is 4. The second kappa shape index (κ2) is 9.63. The first-order valence-corrected chi connectivity index (χ1v) is 11.5. The van der Waals surface area contributed by atoms with E-state index in [1.807, 2.05) is 6.07 Å². The second-order valence-electron chi connectivity index (χ2n) is 8.72. The van der Waals surface area contributed by atoms with Gasteiger partial charge in [0.2, 0.25) is 0 Å². The quantitative estimate of drug-likeness (QED) is 0.337. The molecule has 1 amide bonds. The van der Waals surface area contributed by atoms with E-state index in [1.54, 1.807) is 24.3 Å². The third kappa shape index (κ3) is 4.34. The molecule has 11 heteroatoms. The molecule has 3 aromatic rings. The number of nitrogens with zero attached hydrogens (tertiary/aromatic N) is 4. The number of carbonyl (C=O) groups is 1. The number of hydrogen-bond acceptors (Lipinski definition) is 9. The van der Waals surface area contributed by atoms with Gasteiger partial charge >= 0.3 is 0 Å². The second-order valence-corrected chi connectivity index (χ2v) is 8.72. The topological polar surface area (TPSA) is 155 Å². The van der Waals surface area contributed by atoms with Crippen LogP contribution in [0.25, 0.3) is 11.2 Å². The molecule has 5 N–H and O–H groups in total. The molecule has 3 heterocycles. The van der Waals surface area contributed by atoms with E-state index in [0.29, 0.717) is 28.4 Å². The monoisotopic (exact) mass is 468 g/mol. The number of anilines is 1. The Morgan fingerprint density at radius 2 is 1.88 bits per heavy atom. The summed E-state index contributed by atoms with van der Waals surface area (Å²) >= 11 is 0. The molecule has 34 heavy (non-hydrogen) atoms. The number of carbonyl (C=O) groups excluding carboxylic acids is 1. The molecule has 0 spiro atoms. The zero-order chi connectivity index (χ0) is 23.7. The van der Waals surface area contributed by atoms with Crippen molar-refractivity contribution in [3.8, 4) is 0 Å². The fourth-order valence-electron chi connectivity index (χ4n) is 4.55. The molecule has 0 bridgehead atoms. The van der Waals surface area contributed by atoms with Gasteiger partial charge in [-0.05, 0) is 25.0 Å². The number of aliphatic hydroxyl groups is 3. The van der Waals surface area contributed by atoms with Gasteiger partial charge in [0.1, 0.15) is 18.3 Å². The summed E-state index contributed by atoms with van der Waals surface area (Å²) in [5.41, 5.74) is 1.43. The highest BCUT2D eigenvalue weighted by molar-refractivity contribution is 5.94. The van der Waals surface area contributed by atoms with Crippen LogP contribution < -0.4 is 10.6 Å². The predicted octanol–water partition coefficient (Wildman–Crippen LogP) is 0.722. The van der Waals surface area contributed by atoms with Crippen molar-refractivity contribution in [3.63, 3.8) is 0 Å². The van der Waals surface area contributed by atoms with Gasteiger partial charge in [0, 0.05) is 11.6 Å². The van der Waals surface area contributed by atoms with Gasteiger partial charge in [0.05, 0.1) is 19.5 Å². The van der Waals surface area contributed by atoms with E-state index in [1.165, 1.54) is 10.9 Å². The third-order valence-electron chi connectivity index (χ3n) is 6.40. The number of ether oxygens (including phenoxy) is 1. The highest BCUT2D eigenvalue weighted by Gasteiger charge is 2.44. The molecule has 2 aliphatic rings. The summed E-state index contributed by atoms with van der Waals surface area (Å²) in [6.45, 7) is -0.342. The number of nitrogens with one attached hydrogen (secondary N) is 2. The van der Waals surface area contributed by atoms with Crippen LogP contribution in [-0.2, 0) is 11.3 Å². The predicted molar refractivity (Wildman–Crippen MR) is 122 cm³/mol. The Kier molecular flexibility index (Phi) is 6.42. The molecule has 1 saturated carbocycles. The molecule has 0 radical (unpaired) electrons. The van der Waals surface area contributed by atoms with Crippen LogP contribution >= 0.6 is 0 Å². The molecule has 4 atom stereocenters. The van der Waals surface area contributed by atoms with Crippen LogP contribution in [0, 0.1) is 0 Å². The first-order chi connectivity index (χ1) is 16.5. The van der Waals surface area contributed by atoms with E-state index in [2.05, 4.69) is 25.6 Å². The van der Waals surface area contributed by atoms with Crippen molar-refractivity contribution in [1.82, 2.24) is 24.8 Å². The summed E-state index contributed by atoms with van der Waals surface area (Å²) in [6.07, 6.45) is 1.42. The van der Waals surface area contributed by atoms with Crippen LogP contribution in [0.1, 0.15) is 48.1 Å². The van der Waals surface area contributed by atoms with Crippen LogP contribution in [0.2, 0.25) is 0 Å². The molecule has 11 nitrogen and oxygen atoms in total. The Balaban J connectivity index is 1.46. The number of aliphatic hydroxyl groups excluding tert-OH is 3. The van der Waals surface area contributed by atoms with E-state index < -0.39 is 31.1 Å². The smallest absolute Gasteiger partial charge is 0.251 e. The lowest BCUT2D eigenvalue weighted by Gasteiger charge is -2.18. The number of hydrogen-bond donors (Lipinski definition) is 5.